The molecule has 20 heavy (non-hydrogen) atoms. The van der Waals surface area contributed by atoms with Crippen LogP contribution in [0.4, 0.5) is 0 Å². The van der Waals surface area contributed by atoms with Crippen molar-refractivity contribution in [3.63, 3.8) is 0 Å². The SMILES string of the molecule is CCCc1n[nH]c(=S)n1CC(=O)NCC(=O)NC(C)C. The van der Waals surface area contributed by atoms with Gasteiger partial charge in [-0.15, -0.1) is 0 Å². The molecule has 3 N–H and O–H groups in total. The summed E-state index contributed by atoms with van der Waals surface area (Å²) in [6, 6.07) is 0.0538. The quantitative estimate of drug-likeness (QED) is 0.641. The molecule has 8 heteroatoms. The van der Waals surface area contributed by atoms with Gasteiger partial charge in [-0.3, -0.25) is 19.3 Å². The molecule has 0 saturated heterocycles. The van der Waals surface area contributed by atoms with E-state index >= 15 is 0 Å². The maximum absolute atomic E-state index is 11.8. The van der Waals surface area contributed by atoms with Crippen LogP contribution in [0, 0.1) is 4.77 Å². The number of aryl methyl sites for hydroxylation is 1. The molecule has 7 nitrogen and oxygen atoms in total. The highest BCUT2D eigenvalue weighted by atomic mass is 32.1. The molecule has 1 aromatic heterocycles. The highest BCUT2D eigenvalue weighted by Crippen LogP contribution is 2.01. The van der Waals surface area contributed by atoms with Crippen molar-refractivity contribution >= 4 is 24.0 Å². The molecule has 0 unspecified atom stereocenters. The summed E-state index contributed by atoms with van der Waals surface area (Å²) in [6.07, 6.45) is 1.66. The number of rotatable bonds is 7. The maximum Gasteiger partial charge on any atom is 0.240 e. The number of nitrogens with one attached hydrogen (secondary N) is 3. The first-order valence-corrected chi connectivity index (χ1v) is 7.05. The van der Waals surface area contributed by atoms with Crippen LogP contribution in [0.15, 0.2) is 0 Å². The van der Waals surface area contributed by atoms with Crippen molar-refractivity contribution < 1.29 is 9.59 Å². The second-order valence-electron chi connectivity index (χ2n) is 4.78. The van der Waals surface area contributed by atoms with Gasteiger partial charge in [0.1, 0.15) is 12.4 Å². The highest BCUT2D eigenvalue weighted by molar-refractivity contribution is 7.71. The van der Waals surface area contributed by atoms with Gasteiger partial charge >= 0.3 is 0 Å². The van der Waals surface area contributed by atoms with Gasteiger partial charge in [0.2, 0.25) is 11.8 Å². The Morgan fingerprint density at radius 1 is 1.40 bits per heavy atom. The Morgan fingerprint density at radius 3 is 2.70 bits per heavy atom. The van der Waals surface area contributed by atoms with Crippen LogP contribution >= 0.6 is 12.2 Å². The van der Waals surface area contributed by atoms with Crippen LogP contribution in [0.25, 0.3) is 0 Å². The Kier molecular flexibility index (Phi) is 6.37. The van der Waals surface area contributed by atoms with Crippen LogP contribution in [0.1, 0.15) is 33.0 Å². The van der Waals surface area contributed by atoms with Gasteiger partial charge in [0, 0.05) is 12.5 Å². The lowest BCUT2D eigenvalue weighted by Crippen LogP contribution is -2.40. The normalized spacial score (nSPS) is 10.6. The van der Waals surface area contributed by atoms with Gasteiger partial charge in [0.05, 0.1) is 6.54 Å². The molecule has 1 heterocycles. The molecule has 0 aliphatic carbocycles. The summed E-state index contributed by atoms with van der Waals surface area (Å²) in [6.45, 7) is 5.78. The third-order valence-corrected chi connectivity index (χ3v) is 2.82. The Balaban J connectivity index is 2.52. The molecular formula is C12H21N5O2S. The van der Waals surface area contributed by atoms with E-state index in [1.54, 1.807) is 4.57 Å². The van der Waals surface area contributed by atoms with Crippen molar-refractivity contribution in [1.82, 2.24) is 25.4 Å². The van der Waals surface area contributed by atoms with Crippen LogP contribution in [0.3, 0.4) is 0 Å². The van der Waals surface area contributed by atoms with Crippen molar-refractivity contribution in [3.8, 4) is 0 Å². The van der Waals surface area contributed by atoms with Gasteiger partial charge in [-0.2, -0.15) is 5.10 Å². The average Bonchev–Trinajstić information content (AvgIpc) is 2.69. The zero-order chi connectivity index (χ0) is 15.1. The number of aromatic nitrogens is 3. The number of hydrogen-bond donors (Lipinski definition) is 3. The lowest BCUT2D eigenvalue weighted by Gasteiger charge is -2.10. The first-order valence-electron chi connectivity index (χ1n) is 6.64. The van der Waals surface area contributed by atoms with Gasteiger partial charge in [-0.1, -0.05) is 6.92 Å². The molecule has 0 atom stereocenters. The smallest absolute Gasteiger partial charge is 0.240 e. The Morgan fingerprint density at radius 2 is 2.10 bits per heavy atom. The fourth-order valence-electron chi connectivity index (χ4n) is 1.68. The number of aromatic amines is 1. The van der Waals surface area contributed by atoms with Crippen molar-refractivity contribution in [2.45, 2.75) is 46.2 Å². The summed E-state index contributed by atoms with van der Waals surface area (Å²) in [7, 11) is 0. The van der Waals surface area contributed by atoms with E-state index in [2.05, 4.69) is 20.8 Å². The van der Waals surface area contributed by atoms with E-state index in [1.807, 2.05) is 20.8 Å². The summed E-state index contributed by atoms with van der Waals surface area (Å²) in [5.74, 6) is 0.274. The Labute approximate surface area is 123 Å². The topological polar surface area (TPSA) is 91.8 Å². The molecule has 2 amide bonds. The van der Waals surface area contributed by atoms with Crippen molar-refractivity contribution in [1.29, 1.82) is 0 Å². The highest BCUT2D eigenvalue weighted by Gasteiger charge is 2.11. The number of H-pyrrole nitrogens is 1. The van der Waals surface area contributed by atoms with E-state index in [0.29, 0.717) is 4.77 Å². The summed E-state index contributed by atoms with van der Waals surface area (Å²) in [4.78, 5) is 23.2. The average molecular weight is 299 g/mol. The first kappa shape index (κ1) is 16.4. The Hall–Kier alpha value is -1.70. The molecule has 0 aliphatic rings. The van der Waals surface area contributed by atoms with Gasteiger partial charge in [0.15, 0.2) is 4.77 Å². The van der Waals surface area contributed by atoms with E-state index in [-0.39, 0.29) is 30.9 Å². The fraction of sp³-hybridized carbons (Fsp3) is 0.667. The van der Waals surface area contributed by atoms with E-state index in [9.17, 15) is 9.59 Å². The van der Waals surface area contributed by atoms with Gasteiger partial charge in [-0.05, 0) is 32.5 Å². The molecule has 0 aromatic carbocycles. The molecule has 0 fully saturated rings. The molecule has 0 spiro atoms. The van der Waals surface area contributed by atoms with Crippen molar-refractivity contribution in [3.05, 3.63) is 10.6 Å². The predicted octanol–water partition coefficient (Wildman–Crippen LogP) is 0.534. The second-order valence-corrected chi connectivity index (χ2v) is 5.17. The molecule has 1 rings (SSSR count). The van der Waals surface area contributed by atoms with Crippen molar-refractivity contribution in [2.75, 3.05) is 6.54 Å². The lowest BCUT2D eigenvalue weighted by molar-refractivity contribution is -0.126. The lowest BCUT2D eigenvalue weighted by atomic mass is 10.3. The van der Waals surface area contributed by atoms with Gasteiger partial charge in [-0.25, -0.2) is 0 Å². The second kappa shape index (κ2) is 7.78. The minimum Gasteiger partial charge on any atom is -0.352 e. The van der Waals surface area contributed by atoms with Crippen molar-refractivity contribution in [2.24, 2.45) is 0 Å². The predicted molar refractivity (Wildman–Crippen MR) is 77.7 cm³/mol. The largest absolute Gasteiger partial charge is 0.352 e. The van der Waals surface area contributed by atoms with Crippen LogP contribution in [0.5, 0.6) is 0 Å². The summed E-state index contributed by atoms with van der Waals surface area (Å²) >= 11 is 5.08. The zero-order valence-corrected chi connectivity index (χ0v) is 12.8. The third kappa shape index (κ3) is 5.12. The minimum absolute atomic E-state index is 0.0364. The number of amides is 2. The van der Waals surface area contributed by atoms with E-state index < -0.39 is 0 Å². The molecule has 112 valence electrons. The maximum atomic E-state index is 11.8. The summed E-state index contributed by atoms with van der Waals surface area (Å²) < 4.78 is 2.06. The number of hydrogen-bond acceptors (Lipinski definition) is 4. The van der Waals surface area contributed by atoms with Crippen LogP contribution in [0.2, 0.25) is 0 Å². The number of carbonyl (C=O) groups excluding carboxylic acids is 2. The van der Waals surface area contributed by atoms with Crippen LogP contribution in [-0.4, -0.2) is 39.2 Å². The fourth-order valence-corrected chi connectivity index (χ4v) is 1.89. The van der Waals surface area contributed by atoms with E-state index in [4.69, 9.17) is 12.2 Å². The summed E-state index contributed by atoms with van der Waals surface area (Å²) in [5.41, 5.74) is 0. The van der Waals surface area contributed by atoms with Gasteiger partial charge in [0.25, 0.3) is 0 Å². The minimum atomic E-state index is -0.265. The first-order chi connectivity index (χ1) is 9.43. The molecule has 1 aromatic rings. The number of carbonyl (C=O) groups is 2. The zero-order valence-electron chi connectivity index (χ0n) is 12.0. The van der Waals surface area contributed by atoms with E-state index in [0.717, 1.165) is 18.7 Å². The van der Waals surface area contributed by atoms with Crippen LogP contribution < -0.4 is 10.6 Å². The molecular weight excluding hydrogens is 278 g/mol. The number of nitrogens with zero attached hydrogens (tertiary/aromatic N) is 2. The van der Waals surface area contributed by atoms with Gasteiger partial charge < -0.3 is 10.6 Å². The Bertz CT molecular complexity index is 520. The molecule has 0 saturated carbocycles. The standard InChI is InChI=1S/C12H21N5O2S/c1-4-5-9-15-16-12(20)17(9)7-11(19)13-6-10(18)14-8(2)3/h8H,4-7H2,1-3H3,(H,13,19)(H,14,18)(H,16,20). The molecule has 0 radical (unpaired) electrons. The van der Waals surface area contributed by atoms with E-state index in [1.165, 1.54) is 0 Å². The third-order valence-electron chi connectivity index (χ3n) is 2.51. The summed E-state index contributed by atoms with van der Waals surface area (Å²) in [5, 5.41) is 12.0. The van der Waals surface area contributed by atoms with Crippen LogP contribution in [-0.2, 0) is 22.6 Å². The molecule has 0 bridgehead atoms. The monoisotopic (exact) mass is 299 g/mol. The molecule has 0 aliphatic heterocycles.